The summed E-state index contributed by atoms with van der Waals surface area (Å²) in [4.78, 5) is 0. The molecule has 0 aliphatic carbocycles. The zero-order valence-corrected chi connectivity index (χ0v) is 10.7. The van der Waals surface area contributed by atoms with Gasteiger partial charge in [-0.2, -0.15) is 48.3 Å². The summed E-state index contributed by atoms with van der Waals surface area (Å²) in [5.74, 6) is -28.2. The molecule has 0 aliphatic heterocycles. The first-order chi connectivity index (χ1) is 9.95. The average molecular weight is 374 g/mol. The van der Waals surface area contributed by atoms with Gasteiger partial charge in [0, 0.05) is 0 Å². The van der Waals surface area contributed by atoms with E-state index in [1.807, 2.05) is 0 Å². The second-order valence-electron chi connectivity index (χ2n) is 4.28. The van der Waals surface area contributed by atoms with Gasteiger partial charge in [0.25, 0.3) is 0 Å². The summed E-state index contributed by atoms with van der Waals surface area (Å²) in [6.07, 6.45) is -9.11. The molecule has 0 spiro atoms. The van der Waals surface area contributed by atoms with E-state index >= 15 is 0 Å². The monoisotopic (exact) mass is 374 g/mol. The van der Waals surface area contributed by atoms with Crippen LogP contribution in [-0.4, -0.2) is 66.0 Å². The summed E-state index contributed by atoms with van der Waals surface area (Å²) in [6, 6.07) is 0. The van der Waals surface area contributed by atoms with Gasteiger partial charge in [-0.25, -0.2) is 0 Å². The molecule has 14 heteroatoms. The van der Waals surface area contributed by atoms with E-state index in [2.05, 4.69) is 4.74 Å². The molecule has 0 amide bonds. The number of hydrogen-bond acceptors (Lipinski definition) is 3. The predicted molar refractivity (Wildman–Crippen MR) is 49.8 cm³/mol. The van der Waals surface area contributed by atoms with E-state index in [1.165, 1.54) is 0 Å². The second-order valence-corrected chi connectivity index (χ2v) is 4.28. The van der Waals surface area contributed by atoms with Gasteiger partial charge >= 0.3 is 29.9 Å². The van der Waals surface area contributed by atoms with Crippen molar-refractivity contribution in [2.45, 2.75) is 36.0 Å². The standard InChI is InChI=1S/C9H9F11O3/c10-5(11,3-23-2-4(22)1-21)6(12,13)7(14,15)8(16,17)9(18,19)20/h4,21-22H,1-3H2/t4-/m0/s1. The first-order valence-corrected chi connectivity index (χ1v) is 5.40. The molecule has 0 saturated heterocycles. The van der Waals surface area contributed by atoms with Gasteiger partial charge in [0.2, 0.25) is 0 Å². The Kier molecular flexibility index (Phi) is 6.29. The zero-order chi connectivity index (χ0) is 18.9. The van der Waals surface area contributed by atoms with Gasteiger partial charge in [-0.3, -0.25) is 0 Å². The number of alkyl halides is 11. The lowest BCUT2D eigenvalue weighted by Gasteiger charge is -2.37. The van der Waals surface area contributed by atoms with Gasteiger partial charge in [-0.05, 0) is 0 Å². The minimum atomic E-state index is -7.49. The lowest BCUT2D eigenvalue weighted by Crippen LogP contribution is -2.67. The van der Waals surface area contributed by atoms with Gasteiger partial charge < -0.3 is 14.9 Å². The van der Waals surface area contributed by atoms with Crippen LogP contribution in [0.2, 0.25) is 0 Å². The molecule has 0 aromatic heterocycles. The molecule has 0 unspecified atom stereocenters. The number of aliphatic hydroxyl groups is 2. The van der Waals surface area contributed by atoms with Gasteiger partial charge in [-0.15, -0.1) is 0 Å². The zero-order valence-electron chi connectivity index (χ0n) is 10.7. The van der Waals surface area contributed by atoms with Crippen LogP contribution in [0.1, 0.15) is 0 Å². The Bertz CT molecular complexity index is 393. The van der Waals surface area contributed by atoms with Crippen LogP contribution in [0.25, 0.3) is 0 Å². The summed E-state index contributed by atoms with van der Waals surface area (Å²) in [5.41, 5.74) is 0. The molecular weight excluding hydrogens is 365 g/mol. The van der Waals surface area contributed by atoms with Gasteiger partial charge in [-0.1, -0.05) is 0 Å². The SMILES string of the molecule is OC[C@H](O)COCC(F)(F)C(F)(F)C(F)(F)C(F)(F)C(F)(F)F. The van der Waals surface area contributed by atoms with E-state index in [0.717, 1.165) is 0 Å². The third-order valence-corrected chi connectivity index (χ3v) is 2.41. The van der Waals surface area contributed by atoms with Crippen LogP contribution in [0, 0.1) is 0 Å². The lowest BCUT2D eigenvalue weighted by molar-refractivity contribution is -0.424. The summed E-state index contributed by atoms with van der Waals surface area (Å²) < 4.78 is 141. The Morgan fingerprint density at radius 2 is 1.17 bits per heavy atom. The Morgan fingerprint density at radius 3 is 1.52 bits per heavy atom. The first kappa shape index (κ1) is 22.1. The van der Waals surface area contributed by atoms with Gasteiger partial charge in [0.1, 0.15) is 12.7 Å². The Labute approximate surface area is 120 Å². The molecule has 0 fully saturated rings. The normalized spacial score (nSPS) is 16.6. The Morgan fingerprint density at radius 1 is 0.739 bits per heavy atom. The molecule has 0 aromatic rings. The average Bonchev–Trinajstić information content (AvgIpc) is 2.36. The molecule has 0 aliphatic rings. The Hall–Kier alpha value is -0.890. The minimum Gasteiger partial charge on any atom is -0.394 e. The number of hydrogen-bond donors (Lipinski definition) is 2. The van der Waals surface area contributed by atoms with E-state index in [-0.39, 0.29) is 0 Å². The van der Waals surface area contributed by atoms with Crippen molar-refractivity contribution in [2.75, 3.05) is 19.8 Å². The van der Waals surface area contributed by atoms with Crippen molar-refractivity contribution in [3.63, 3.8) is 0 Å². The van der Waals surface area contributed by atoms with Crippen LogP contribution < -0.4 is 0 Å². The minimum absolute atomic E-state index is 1.11. The highest BCUT2D eigenvalue weighted by Crippen LogP contribution is 2.57. The van der Waals surface area contributed by atoms with Crippen molar-refractivity contribution >= 4 is 0 Å². The van der Waals surface area contributed by atoms with E-state index in [1.54, 1.807) is 0 Å². The Balaban J connectivity index is 5.41. The molecule has 1 atom stereocenters. The van der Waals surface area contributed by atoms with Crippen LogP contribution in [0.3, 0.4) is 0 Å². The quantitative estimate of drug-likeness (QED) is 0.642. The maximum atomic E-state index is 13.0. The van der Waals surface area contributed by atoms with E-state index in [0.29, 0.717) is 0 Å². The van der Waals surface area contributed by atoms with E-state index in [4.69, 9.17) is 10.2 Å². The molecule has 3 nitrogen and oxygen atoms in total. The van der Waals surface area contributed by atoms with E-state index < -0.39 is 55.8 Å². The largest absolute Gasteiger partial charge is 0.460 e. The molecule has 0 radical (unpaired) electrons. The maximum absolute atomic E-state index is 13.0. The van der Waals surface area contributed by atoms with Crippen LogP contribution in [-0.2, 0) is 4.74 Å². The van der Waals surface area contributed by atoms with Crippen LogP contribution in [0.5, 0.6) is 0 Å². The second kappa shape index (κ2) is 6.55. The summed E-state index contributed by atoms with van der Waals surface area (Å²) >= 11 is 0. The summed E-state index contributed by atoms with van der Waals surface area (Å²) in [6.45, 7) is -5.10. The molecule has 0 bridgehead atoms. The number of ether oxygens (including phenoxy) is 1. The highest BCUT2D eigenvalue weighted by molar-refractivity contribution is 5.06. The number of halogens is 11. The highest BCUT2D eigenvalue weighted by atomic mass is 19.4. The fourth-order valence-corrected chi connectivity index (χ4v) is 1.07. The first-order valence-electron chi connectivity index (χ1n) is 5.40. The highest BCUT2D eigenvalue weighted by Gasteiger charge is 2.87. The molecular formula is C9H9F11O3. The maximum Gasteiger partial charge on any atom is 0.460 e. The molecule has 140 valence electrons. The fourth-order valence-electron chi connectivity index (χ4n) is 1.07. The van der Waals surface area contributed by atoms with Gasteiger partial charge in [0.15, 0.2) is 0 Å². The molecule has 0 heterocycles. The topological polar surface area (TPSA) is 49.7 Å². The number of aliphatic hydroxyl groups excluding tert-OH is 2. The van der Waals surface area contributed by atoms with Crippen molar-refractivity contribution in [2.24, 2.45) is 0 Å². The van der Waals surface area contributed by atoms with Crippen LogP contribution in [0.4, 0.5) is 48.3 Å². The fraction of sp³-hybridized carbons (Fsp3) is 1.00. The molecule has 0 aromatic carbocycles. The molecule has 2 N–H and O–H groups in total. The third-order valence-electron chi connectivity index (χ3n) is 2.41. The summed E-state index contributed by atoms with van der Waals surface area (Å²) in [7, 11) is 0. The molecule has 0 saturated carbocycles. The molecule has 23 heavy (non-hydrogen) atoms. The van der Waals surface area contributed by atoms with Crippen LogP contribution >= 0.6 is 0 Å². The predicted octanol–water partition coefficient (Wildman–Crippen LogP) is 2.46. The van der Waals surface area contributed by atoms with Gasteiger partial charge in [0.05, 0.1) is 13.2 Å². The van der Waals surface area contributed by atoms with Crippen molar-refractivity contribution < 1.29 is 63.2 Å². The lowest BCUT2D eigenvalue weighted by atomic mass is 9.98. The van der Waals surface area contributed by atoms with Crippen LogP contribution in [0.15, 0.2) is 0 Å². The molecule has 0 rings (SSSR count). The number of rotatable bonds is 8. The third kappa shape index (κ3) is 3.96. The summed E-state index contributed by atoms with van der Waals surface area (Å²) in [5, 5.41) is 16.9. The smallest absolute Gasteiger partial charge is 0.394 e. The van der Waals surface area contributed by atoms with E-state index in [9.17, 15) is 48.3 Å². The van der Waals surface area contributed by atoms with Crippen molar-refractivity contribution in [1.82, 2.24) is 0 Å². The van der Waals surface area contributed by atoms with Crippen molar-refractivity contribution in [3.05, 3.63) is 0 Å². The van der Waals surface area contributed by atoms with Crippen molar-refractivity contribution in [1.29, 1.82) is 0 Å². The van der Waals surface area contributed by atoms with Crippen molar-refractivity contribution in [3.8, 4) is 0 Å².